The van der Waals surface area contributed by atoms with Crippen molar-refractivity contribution in [2.75, 3.05) is 0 Å². The highest BCUT2D eigenvalue weighted by molar-refractivity contribution is 7.18. The molecule has 23 heavy (non-hydrogen) atoms. The van der Waals surface area contributed by atoms with Crippen LogP contribution in [0.2, 0.25) is 0 Å². The van der Waals surface area contributed by atoms with Crippen LogP contribution >= 0.6 is 11.3 Å². The Morgan fingerprint density at radius 2 is 1.83 bits per heavy atom. The van der Waals surface area contributed by atoms with Crippen molar-refractivity contribution in [3.8, 4) is 0 Å². The van der Waals surface area contributed by atoms with Gasteiger partial charge in [0.2, 0.25) is 0 Å². The third-order valence-corrected chi connectivity index (χ3v) is 4.33. The molecule has 2 aromatic carbocycles. The minimum absolute atomic E-state index is 0.183. The number of alkyl halides is 3. The van der Waals surface area contributed by atoms with Crippen LogP contribution < -0.4 is 0 Å². The van der Waals surface area contributed by atoms with Gasteiger partial charge in [-0.3, -0.25) is 0 Å². The van der Waals surface area contributed by atoms with Crippen molar-refractivity contribution in [1.82, 2.24) is 4.98 Å². The second-order valence-electron chi connectivity index (χ2n) is 4.97. The van der Waals surface area contributed by atoms with Crippen molar-refractivity contribution < 1.29 is 23.1 Å². The summed E-state index contributed by atoms with van der Waals surface area (Å²) in [6, 6.07) is 9.61. The fourth-order valence-electron chi connectivity index (χ4n) is 2.17. The van der Waals surface area contributed by atoms with Crippen LogP contribution in [0, 0.1) is 0 Å². The van der Waals surface area contributed by atoms with Gasteiger partial charge in [-0.15, -0.1) is 11.3 Å². The number of carboxylic acid groups (broad SMARTS) is 1. The Morgan fingerprint density at radius 1 is 1.13 bits per heavy atom. The van der Waals surface area contributed by atoms with Crippen molar-refractivity contribution in [3.05, 3.63) is 64.2 Å². The predicted octanol–water partition coefficient (Wildman–Crippen LogP) is 4.60. The summed E-state index contributed by atoms with van der Waals surface area (Å²) in [6.07, 6.45) is -3.94. The van der Waals surface area contributed by atoms with E-state index < -0.39 is 17.7 Å². The van der Waals surface area contributed by atoms with E-state index in [0.717, 1.165) is 27.4 Å². The van der Waals surface area contributed by atoms with Gasteiger partial charge >= 0.3 is 12.1 Å². The van der Waals surface area contributed by atoms with E-state index >= 15 is 0 Å². The summed E-state index contributed by atoms with van der Waals surface area (Å²) in [6.45, 7) is 0. The average molecular weight is 337 g/mol. The number of aromatic nitrogens is 1. The number of thiazole rings is 1. The molecule has 1 N–H and O–H groups in total. The van der Waals surface area contributed by atoms with Gasteiger partial charge in [-0.25, -0.2) is 9.78 Å². The van der Waals surface area contributed by atoms with Crippen molar-refractivity contribution in [1.29, 1.82) is 0 Å². The molecule has 1 heterocycles. The topological polar surface area (TPSA) is 50.2 Å². The molecule has 0 atom stereocenters. The van der Waals surface area contributed by atoms with Gasteiger partial charge in [0.25, 0.3) is 0 Å². The summed E-state index contributed by atoms with van der Waals surface area (Å²) in [5.74, 6) is -1.01. The molecule has 0 amide bonds. The zero-order valence-corrected chi connectivity index (χ0v) is 12.4. The molecule has 0 unspecified atom stereocenters. The molecule has 0 aliphatic rings. The van der Waals surface area contributed by atoms with Crippen LogP contribution in [0.15, 0.2) is 42.5 Å². The number of aromatic carboxylic acids is 1. The minimum atomic E-state index is -4.35. The molecule has 7 heteroatoms. The maximum absolute atomic E-state index is 12.5. The first-order valence-electron chi connectivity index (χ1n) is 6.62. The number of hydrogen-bond donors (Lipinski definition) is 1. The molecule has 3 rings (SSSR count). The molecule has 0 aliphatic carbocycles. The molecule has 0 bridgehead atoms. The SMILES string of the molecule is O=C(O)c1ccc2nc(Cc3ccc(C(F)(F)F)cc3)sc2c1. The van der Waals surface area contributed by atoms with Crippen LogP contribution in [0.25, 0.3) is 10.2 Å². The number of nitrogens with zero attached hydrogens (tertiary/aromatic N) is 1. The maximum atomic E-state index is 12.5. The van der Waals surface area contributed by atoms with Gasteiger partial charge in [-0.05, 0) is 35.9 Å². The van der Waals surface area contributed by atoms with Gasteiger partial charge in [0, 0.05) is 6.42 Å². The van der Waals surface area contributed by atoms with E-state index in [0.29, 0.717) is 11.9 Å². The largest absolute Gasteiger partial charge is 0.478 e. The molecular formula is C16H10F3NO2S. The lowest BCUT2D eigenvalue weighted by Crippen LogP contribution is -2.04. The van der Waals surface area contributed by atoms with E-state index in [2.05, 4.69) is 4.98 Å². The van der Waals surface area contributed by atoms with Gasteiger partial charge in [0.1, 0.15) is 0 Å². The molecule has 3 aromatic rings. The summed E-state index contributed by atoms with van der Waals surface area (Å²) >= 11 is 1.34. The molecule has 0 aliphatic heterocycles. The Hall–Kier alpha value is -2.41. The molecule has 0 fully saturated rings. The molecule has 3 nitrogen and oxygen atoms in total. The number of benzene rings is 2. The molecule has 0 spiro atoms. The van der Waals surface area contributed by atoms with Crippen molar-refractivity contribution >= 4 is 27.5 Å². The number of carboxylic acids is 1. The molecule has 0 saturated heterocycles. The van der Waals surface area contributed by atoms with Crippen molar-refractivity contribution in [2.24, 2.45) is 0 Å². The molecule has 0 radical (unpaired) electrons. The third-order valence-electron chi connectivity index (χ3n) is 3.32. The lowest BCUT2D eigenvalue weighted by Gasteiger charge is -2.06. The lowest BCUT2D eigenvalue weighted by atomic mass is 10.1. The van der Waals surface area contributed by atoms with Crippen LogP contribution in [-0.4, -0.2) is 16.1 Å². The quantitative estimate of drug-likeness (QED) is 0.760. The van der Waals surface area contributed by atoms with Crippen LogP contribution in [0.5, 0.6) is 0 Å². The highest BCUT2D eigenvalue weighted by Gasteiger charge is 2.29. The third kappa shape index (κ3) is 3.34. The molecule has 0 saturated carbocycles. The maximum Gasteiger partial charge on any atom is 0.416 e. The first kappa shape index (κ1) is 15.5. The van der Waals surface area contributed by atoms with Gasteiger partial charge in [-0.1, -0.05) is 12.1 Å². The van der Waals surface area contributed by atoms with Gasteiger partial charge in [0.15, 0.2) is 0 Å². The smallest absolute Gasteiger partial charge is 0.416 e. The van der Waals surface area contributed by atoms with E-state index in [-0.39, 0.29) is 5.56 Å². The number of carbonyl (C=O) groups is 1. The Bertz CT molecular complexity index is 869. The first-order chi connectivity index (χ1) is 10.8. The van der Waals surface area contributed by atoms with E-state index in [1.165, 1.54) is 29.5 Å². The highest BCUT2D eigenvalue weighted by Crippen LogP contribution is 2.30. The van der Waals surface area contributed by atoms with E-state index in [9.17, 15) is 18.0 Å². The second kappa shape index (κ2) is 5.66. The average Bonchev–Trinajstić information content (AvgIpc) is 2.87. The number of hydrogen-bond acceptors (Lipinski definition) is 3. The van der Waals surface area contributed by atoms with Crippen molar-refractivity contribution in [2.45, 2.75) is 12.6 Å². The normalized spacial score (nSPS) is 11.8. The number of halogens is 3. The summed E-state index contributed by atoms with van der Waals surface area (Å²) in [7, 11) is 0. The monoisotopic (exact) mass is 337 g/mol. The summed E-state index contributed by atoms with van der Waals surface area (Å²) in [4.78, 5) is 15.3. The van der Waals surface area contributed by atoms with E-state index in [1.807, 2.05) is 0 Å². The zero-order valence-electron chi connectivity index (χ0n) is 11.6. The number of rotatable bonds is 3. The fraction of sp³-hybridized carbons (Fsp3) is 0.125. The summed E-state index contributed by atoms with van der Waals surface area (Å²) < 4.78 is 38.3. The van der Waals surface area contributed by atoms with Crippen LogP contribution in [0.4, 0.5) is 13.2 Å². The lowest BCUT2D eigenvalue weighted by molar-refractivity contribution is -0.137. The Labute approximate surface area is 133 Å². The van der Waals surface area contributed by atoms with Gasteiger partial charge in [0.05, 0.1) is 26.4 Å². The number of fused-ring (bicyclic) bond motifs is 1. The molecule has 118 valence electrons. The van der Waals surface area contributed by atoms with E-state index in [4.69, 9.17) is 5.11 Å². The fourth-order valence-corrected chi connectivity index (χ4v) is 3.21. The minimum Gasteiger partial charge on any atom is -0.478 e. The Morgan fingerprint density at radius 3 is 2.43 bits per heavy atom. The van der Waals surface area contributed by atoms with Crippen LogP contribution in [0.3, 0.4) is 0 Å². The van der Waals surface area contributed by atoms with Crippen molar-refractivity contribution in [3.63, 3.8) is 0 Å². The summed E-state index contributed by atoms with van der Waals surface area (Å²) in [5, 5.41) is 9.69. The van der Waals surface area contributed by atoms with Gasteiger partial charge in [-0.2, -0.15) is 13.2 Å². The summed E-state index contributed by atoms with van der Waals surface area (Å²) in [5.41, 5.74) is 0.899. The highest BCUT2D eigenvalue weighted by atomic mass is 32.1. The van der Waals surface area contributed by atoms with Gasteiger partial charge < -0.3 is 5.11 Å². The second-order valence-corrected chi connectivity index (χ2v) is 6.08. The van der Waals surface area contributed by atoms with E-state index in [1.54, 1.807) is 12.1 Å². The van der Waals surface area contributed by atoms with Crippen LogP contribution in [-0.2, 0) is 12.6 Å². The molecule has 1 aromatic heterocycles. The standard InChI is InChI=1S/C16H10F3NO2S/c17-16(18,19)11-4-1-9(2-5-11)7-14-20-12-6-3-10(15(21)22)8-13(12)23-14/h1-6,8H,7H2,(H,21,22). The molecular weight excluding hydrogens is 327 g/mol. The van der Waals surface area contributed by atoms with Crippen LogP contribution in [0.1, 0.15) is 26.5 Å². The first-order valence-corrected chi connectivity index (χ1v) is 7.43. The zero-order chi connectivity index (χ0) is 16.6. The Balaban J connectivity index is 1.85. The Kier molecular flexibility index (Phi) is 3.81. The predicted molar refractivity (Wildman–Crippen MR) is 80.8 cm³/mol.